The summed E-state index contributed by atoms with van der Waals surface area (Å²) in [5.41, 5.74) is 0.584. The molecule has 0 aliphatic heterocycles. The number of ether oxygens (including phenoxy) is 3. The van der Waals surface area contributed by atoms with Gasteiger partial charge in [-0.25, -0.2) is 0 Å². The molecule has 0 aliphatic carbocycles. The number of anilines is 1. The van der Waals surface area contributed by atoms with Crippen molar-refractivity contribution in [1.82, 2.24) is 0 Å². The minimum absolute atomic E-state index is 0.0237. The molecule has 0 fully saturated rings. The lowest BCUT2D eigenvalue weighted by atomic mass is 10.1. The zero-order chi connectivity index (χ0) is 17.0. The SMILES string of the molecule is COc1cc(C(=O)Nc2ccccc2O)c(Br)c(OC)c1OC. The fourth-order valence-corrected chi connectivity index (χ4v) is 2.69. The summed E-state index contributed by atoms with van der Waals surface area (Å²) in [6, 6.07) is 7.99. The van der Waals surface area contributed by atoms with Gasteiger partial charge in [0, 0.05) is 0 Å². The maximum atomic E-state index is 12.5. The Morgan fingerprint density at radius 1 is 1.09 bits per heavy atom. The van der Waals surface area contributed by atoms with E-state index in [1.807, 2.05) is 0 Å². The quantitative estimate of drug-likeness (QED) is 0.775. The number of carbonyl (C=O) groups is 1. The van der Waals surface area contributed by atoms with Gasteiger partial charge in [0.1, 0.15) is 5.75 Å². The number of halogens is 1. The molecule has 0 atom stereocenters. The van der Waals surface area contributed by atoms with Crippen LogP contribution in [0.4, 0.5) is 5.69 Å². The van der Waals surface area contributed by atoms with Crippen molar-refractivity contribution in [2.24, 2.45) is 0 Å². The van der Waals surface area contributed by atoms with Crippen molar-refractivity contribution < 1.29 is 24.1 Å². The lowest BCUT2D eigenvalue weighted by Crippen LogP contribution is -2.13. The lowest BCUT2D eigenvalue weighted by Gasteiger charge is -2.16. The highest BCUT2D eigenvalue weighted by molar-refractivity contribution is 9.10. The van der Waals surface area contributed by atoms with E-state index >= 15 is 0 Å². The van der Waals surface area contributed by atoms with Gasteiger partial charge >= 0.3 is 0 Å². The van der Waals surface area contributed by atoms with Gasteiger partial charge in [0.05, 0.1) is 37.1 Å². The zero-order valence-electron chi connectivity index (χ0n) is 12.8. The van der Waals surface area contributed by atoms with Crippen LogP contribution in [0.1, 0.15) is 10.4 Å². The van der Waals surface area contributed by atoms with Gasteiger partial charge in [-0.1, -0.05) is 12.1 Å². The van der Waals surface area contributed by atoms with E-state index in [1.165, 1.54) is 33.5 Å². The summed E-state index contributed by atoms with van der Waals surface area (Å²) in [5, 5.41) is 12.4. The normalized spacial score (nSPS) is 10.1. The fourth-order valence-electron chi connectivity index (χ4n) is 2.06. The van der Waals surface area contributed by atoms with Crippen molar-refractivity contribution in [2.45, 2.75) is 0 Å². The molecule has 0 heterocycles. The lowest BCUT2D eigenvalue weighted by molar-refractivity contribution is 0.102. The van der Waals surface area contributed by atoms with E-state index in [1.54, 1.807) is 18.2 Å². The highest BCUT2D eigenvalue weighted by Crippen LogP contribution is 2.44. The van der Waals surface area contributed by atoms with Crippen LogP contribution in [0.25, 0.3) is 0 Å². The van der Waals surface area contributed by atoms with Crippen LogP contribution in [-0.4, -0.2) is 32.3 Å². The number of hydrogen-bond donors (Lipinski definition) is 2. The highest BCUT2D eigenvalue weighted by Gasteiger charge is 2.23. The van der Waals surface area contributed by atoms with Gasteiger partial charge in [0.25, 0.3) is 5.91 Å². The van der Waals surface area contributed by atoms with Crippen molar-refractivity contribution >= 4 is 27.5 Å². The summed E-state index contributed by atoms with van der Waals surface area (Å²) in [6.07, 6.45) is 0. The number of benzene rings is 2. The molecule has 0 aromatic heterocycles. The van der Waals surface area contributed by atoms with E-state index in [9.17, 15) is 9.90 Å². The molecule has 2 aromatic rings. The van der Waals surface area contributed by atoms with E-state index in [0.717, 1.165) is 0 Å². The molecule has 0 saturated heterocycles. The summed E-state index contributed by atoms with van der Waals surface area (Å²) >= 11 is 3.35. The molecule has 0 saturated carbocycles. The number of methoxy groups -OCH3 is 3. The van der Waals surface area contributed by atoms with E-state index < -0.39 is 5.91 Å². The van der Waals surface area contributed by atoms with Gasteiger partial charge in [0.2, 0.25) is 5.75 Å². The number of phenolic OH excluding ortho intramolecular Hbond substituents is 1. The fraction of sp³-hybridized carbons (Fsp3) is 0.188. The number of para-hydroxylation sites is 2. The number of nitrogens with one attached hydrogen (secondary N) is 1. The molecular weight excluding hydrogens is 366 g/mol. The zero-order valence-corrected chi connectivity index (χ0v) is 14.4. The van der Waals surface area contributed by atoms with Crippen molar-refractivity contribution in [2.75, 3.05) is 26.6 Å². The maximum Gasteiger partial charge on any atom is 0.257 e. The minimum Gasteiger partial charge on any atom is -0.506 e. The predicted molar refractivity (Wildman–Crippen MR) is 89.9 cm³/mol. The van der Waals surface area contributed by atoms with Crippen LogP contribution in [0.2, 0.25) is 0 Å². The van der Waals surface area contributed by atoms with E-state index in [4.69, 9.17) is 14.2 Å². The molecule has 0 bridgehead atoms. The summed E-state index contributed by atoms with van der Waals surface area (Å²) in [4.78, 5) is 12.5. The summed E-state index contributed by atoms with van der Waals surface area (Å²) in [5.74, 6) is 0.618. The molecule has 2 aromatic carbocycles. The van der Waals surface area contributed by atoms with Gasteiger partial charge in [-0.05, 0) is 34.1 Å². The third kappa shape index (κ3) is 3.34. The van der Waals surface area contributed by atoms with Crippen LogP contribution in [0.3, 0.4) is 0 Å². The topological polar surface area (TPSA) is 77.0 Å². The molecule has 1 amide bonds. The van der Waals surface area contributed by atoms with Gasteiger partial charge in [-0.3, -0.25) is 4.79 Å². The largest absolute Gasteiger partial charge is 0.506 e. The van der Waals surface area contributed by atoms with Gasteiger partial charge in [0.15, 0.2) is 11.5 Å². The molecule has 0 spiro atoms. The Labute approximate surface area is 142 Å². The summed E-state index contributed by atoms with van der Waals surface area (Å²) < 4.78 is 16.2. The number of hydrogen-bond acceptors (Lipinski definition) is 5. The molecule has 23 heavy (non-hydrogen) atoms. The van der Waals surface area contributed by atoms with E-state index in [0.29, 0.717) is 27.4 Å². The Hall–Kier alpha value is -2.41. The maximum absolute atomic E-state index is 12.5. The third-order valence-corrected chi connectivity index (χ3v) is 3.95. The number of aromatic hydroxyl groups is 1. The molecule has 2 rings (SSSR count). The average molecular weight is 382 g/mol. The first-order chi connectivity index (χ1) is 11.0. The first kappa shape index (κ1) is 17.0. The molecule has 7 heteroatoms. The van der Waals surface area contributed by atoms with Crippen molar-refractivity contribution in [1.29, 1.82) is 0 Å². The monoisotopic (exact) mass is 381 g/mol. The summed E-state index contributed by atoms with van der Waals surface area (Å²) in [7, 11) is 4.41. The molecule has 122 valence electrons. The van der Waals surface area contributed by atoms with Crippen molar-refractivity contribution in [3.63, 3.8) is 0 Å². The predicted octanol–water partition coefficient (Wildman–Crippen LogP) is 3.43. The first-order valence-corrected chi connectivity index (χ1v) is 7.40. The second kappa shape index (κ2) is 7.23. The Balaban J connectivity index is 2.46. The van der Waals surface area contributed by atoms with E-state index in [-0.39, 0.29) is 11.3 Å². The van der Waals surface area contributed by atoms with Crippen LogP contribution >= 0.6 is 15.9 Å². The number of phenols is 1. The number of amides is 1. The van der Waals surface area contributed by atoms with Crippen LogP contribution in [0, 0.1) is 0 Å². The highest BCUT2D eigenvalue weighted by atomic mass is 79.9. The molecular formula is C16H16BrNO5. The standard InChI is InChI=1S/C16H16BrNO5/c1-21-12-8-9(13(17)15(23-3)14(12)22-2)16(20)18-10-6-4-5-7-11(10)19/h4-8,19H,1-3H3,(H,18,20). The third-order valence-electron chi connectivity index (χ3n) is 3.17. The van der Waals surface area contributed by atoms with Gasteiger partial charge in [-0.2, -0.15) is 0 Å². The molecule has 0 unspecified atom stereocenters. The smallest absolute Gasteiger partial charge is 0.257 e. The Kier molecular flexibility index (Phi) is 5.33. The Morgan fingerprint density at radius 2 is 1.74 bits per heavy atom. The second-order valence-corrected chi connectivity index (χ2v) is 5.27. The van der Waals surface area contributed by atoms with Crippen LogP contribution in [0.5, 0.6) is 23.0 Å². The average Bonchev–Trinajstić information content (AvgIpc) is 2.56. The molecule has 6 nitrogen and oxygen atoms in total. The number of rotatable bonds is 5. The Bertz CT molecular complexity index is 733. The van der Waals surface area contributed by atoms with Gasteiger partial charge < -0.3 is 24.6 Å². The van der Waals surface area contributed by atoms with Crippen molar-refractivity contribution in [3.05, 3.63) is 40.4 Å². The van der Waals surface area contributed by atoms with Gasteiger partial charge in [-0.15, -0.1) is 0 Å². The Morgan fingerprint density at radius 3 is 2.30 bits per heavy atom. The summed E-state index contributed by atoms with van der Waals surface area (Å²) in [6.45, 7) is 0. The number of carbonyl (C=O) groups excluding carboxylic acids is 1. The molecule has 0 aliphatic rings. The van der Waals surface area contributed by atoms with Crippen LogP contribution in [0.15, 0.2) is 34.8 Å². The first-order valence-electron chi connectivity index (χ1n) is 6.61. The molecule has 2 N–H and O–H groups in total. The van der Waals surface area contributed by atoms with E-state index in [2.05, 4.69) is 21.2 Å². The van der Waals surface area contributed by atoms with Crippen LogP contribution in [-0.2, 0) is 0 Å². The van der Waals surface area contributed by atoms with Crippen LogP contribution < -0.4 is 19.5 Å². The molecule has 0 radical (unpaired) electrons. The van der Waals surface area contributed by atoms with Crippen molar-refractivity contribution in [3.8, 4) is 23.0 Å². The second-order valence-electron chi connectivity index (χ2n) is 4.48. The minimum atomic E-state index is -0.433.